The van der Waals surface area contributed by atoms with Gasteiger partial charge in [-0.05, 0) is 23.8 Å². The number of hydrogen-bond donors (Lipinski definition) is 1. The molecule has 8 nitrogen and oxygen atoms in total. The number of alkyl halides is 6. The Morgan fingerprint density at radius 1 is 0.700 bits per heavy atom. The Bertz CT molecular complexity index is 1750. The Morgan fingerprint density at radius 2 is 1.27 bits per heavy atom. The normalized spacial score (nSPS) is 13.7. The molecule has 0 bridgehead atoms. The molecule has 40 heavy (non-hydrogen) atoms. The molecule has 0 unspecified atom stereocenters. The minimum Gasteiger partial charge on any atom is -0.493 e. The number of aromatic nitrogens is 1. The second-order valence-corrected chi connectivity index (χ2v) is 11.2. The number of ether oxygens (including phenoxy) is 1. The molecule has 0 aliphatic carbocycles. The first-order chi connectivity index (χ1) is 18.6. The maximum atomic E-state index is 13.4. The highest BCUT2D eigenvalue weighted by molar-refractivity contribution is 7.88. The number of methoxy groups -OCH3 is 1. The molecule has 0 fully saturated rings. The van der Waals surface area contributed by atoms with E-state index in [0.717, 1.165) is 19.2 Å². The fraction of sp³-hybridized carbons (Fsp3) is 0.167. The Labute approximate surface area is 223 Å². The second-order valence-electron chi connectivity index (χ2n) is 8.11. The summed E-state index contributed by atoms with van der Waals surface area (Å²) in [6.07, 6.45) is 1.30. The quantitative estimate of drug-likeness (QED) is 0.116. The molecule has 0 saturated carbocycles. The van der Waals surface area contributed by atoms with E-state index in [2.05, 4.69) is 13.4 Å². The number of benzene rings is 3. The van der Waals surface area contributed by atoms with Crippen molar-refractivity contribution in [1.82, 2.24) is 4.98 Å². The fourth-order valence-corrected chi connectivity index (χ4v) is 4.93. The molecule has 0 radical (unpaired) electrons. The minimum absolute atomic E-state index is 0.112. The van der Waals surface area contributed by atoms with Gasteiger partial charge in [0.15, 0.2) is 17.2 Å². The Balaban J connectivity index is 2.07. The van der Waals surface area contributed by atoms with E-state index in [4.69, 9.17) is 4.74 Å². The number of hydrogen-bond acceptors (Lipinski definition) is 7. The van der Waals surface area contributed by atoms with Crippen LogP contribution in [-0.4, -0.2) is 39.9 Å². The molecule has 3 aromatic carbocycles. The van der Waals surface area contributed by atoms with Crippen LogP contribution in [0.15, 0.2) is 72.9 Å². The van der Waals surface area contributed by atoms with Gasteiger partial charge < -0.3 is 18.1 Å². The summed E-state index contributed by atoms with van der Waals surface area (Å²) in [5, 5.41) is -0.112. The predicted octanol–water partition coefficient (Wildman–Crippen LogP) is 5.81. The largest absolute Gasteiger partial charge is 0.534 e. The molecule has 4 rings (SSSR count). The van der Waals surface area contributed by atoms with E-state index < -0.39 is 54.4 Å². The smallest absolute Gasteiger partial charge is 0.493 e. The van der Waals surface area contributed by atoms with Crippen molar-refractivity contribution >= 4 is 31.1 Å². The van der Waals surface area contributed by atoms with Crippen molar-refractivity contribution in [1.29, 1.82) is 0 Å². The molecule has 1 atom stereocenters. The van der Waals surface area contributed by atoms with E-state index in [1.807, 2.05) is 0 Å². The van der Waals surface area contributed by atoms with Crippen molar-refractivity contribution in [3.63, 3.8) is 0 Å². The van der Waals surface area contributed by atoms with Crippen molar-refractivity contribution in [2.45, 2.75) is 16.9 Å². The van der Waals surface area contributed by atoms with Gasteiger partial charge >= 0.3 is 31.3 Å². The summed E-state index contributed by atoms with van der Waals surface area (Å²) in [7, 11) is -11.4. The fourth-order valence-electron chi connectivity index (χ4n) is 3.94. The first-order valence-corrected chi connectivity index (χ1v) is 13.7. The highest BCUT2D eigenvalue weighted by Crippen LogP contribution is 2.48. The van der Waals surface area contributed by atoms with Crippen molar-refractivity contribution < 1.29 is 56.3 Å². The molecule has 4 aromatic rings. The topological polar surface area (TPSA) is 112 Å². The molecule has 1 heterocycles. The average Bonchev–Trinajstić information content (AvgIpc) is 3.34. The Morgan fingerprint density at radius 3 is 1.85 bits per heavy atom. The molecule has 0 aliphatic rings. The summed E-state index contributed by atoms with van der Waals surface area (Å²) >= 11 is 0. The molecule has 1 N–H and O–H groups in total. The monoisotopic (exact) mass is 609 g/mol. The lowest BCUT2D eigenvalue weighted by molar-refractivity contribution is -0.0504. The summed E-state index contributed by atoms with van der Waals surface area (Å²) in [6, 6.07) is 14.8. The molecule has 0 saturated heterocycles. The van der Waals surface area contributed by atoms with E-state index in [-0.39, 0.29) is 27.6 Å². The van der Waals surface area contributed by atoms with Crippen LogP contribution in [0.1, 0.15) is 22.6 Å². The predicted molar refractivity (Wildman–Crippen MR) is 130 cm³/mol. The average molecular weight is 610 g/mol. The van der Waals surface area contributed by atoms with Gasteiger partial charge in [-0.3, -0.25) is 0 Å². The van der Waals surface area contributed by atoms with Gasteiger partial charge in [0, 0.05) is 34.1 Å². The van der Waals surface area contributed by atoms with Gasteiger partial charge in [-0.25, -0.2) is 0 Å². The number of rotatable bonds is 8. The van der Waals surface area contributed by atoms with Gasteiger partial charge in [-0.1, -0.05) is 48.5 Å². The zero-order valence-corrected chi connectivity index (χ0v) is 21.6. The number of fused-ring (bicyclic) bond motifs is 1. The van der Waals surface area contributed by atoms with E-state index in [9.17, 15) is 43.2 Å². The summed E-state index contributed by atoms with van der Waals surface area (Å²) < 4.78 is 142. The van der Waals surface area contributed by atoms with Gasteiger partial charge in [0.05, 0.1) is 7.11 Å². The number of halogens is 6. The van der Waals surface area contributed by atoms with E-state index in [1.54, 1.807) is 6.07 Å². The number of nitrogens with one attached hydrogen (secondary N) is 1. The first-order valence-electron chi connectivity index (χ1n) is 10.9. The summed E-state index contributed by atoms with van der Waals surface area (Å²) in [5.41, 5.74) is -11.9. The molecular weight excluding hydrogens is 592 g/mol. The van der Waals surface area contributed by atoms with E-state index in [1.165, 1.54) is 54.7 Å². The van der Waals surface area contributed by atoms with E-state index >= 15 is 0 Å². The molecule has 0 spiro atoms. The molecule has 0 amide bonds. The zero-order valence-electron chi connectivity index (χ0n) is 19.9. The van der Waals surface area contributed by atoms with Crippen LogP contribution in [-0.2, 0) is 20.2 Å². The van der Waals surface area contributed by atoms with Crippen LogP contribution in [0.3, 0.4) is 0 Å². The highest BCUT2D eigenvalue weighted by Gasteiger charge is 2.50. The third-order valence-corrected chi connectivity index (χ3v) is 7.56. The van der Waals surface area contributed by atoms with Crippen molar-refractivity contribution in [2.24, 2.45) is 0 Å². The minimum atomic E-state index is -6.25. The molecule has 1 aromatic heterocycles. The zero-order chi connectivity index (χ0) is 29.5. The lowest BCUT2D eigenvalue weighted by Gasteiger charge is -2.25. The van der Waals surface area contributed by atoms with Crippen LogP contribution >= 0.6 is 0 Å². The summed E-state index contributed by atoms with van der Waals surface area (Å²) in [6.45, 7) is 0. The van der Waals surface area contributed by atoms with Crippen LogP contribution in [0.25, 0.3) is 10.9 Å². The number of H-pyrrole nitrogens is 1. The number of para-hydroxylation sites is 1. The maximum absolute atomic E-state index is 13.4. The molecule has 0 aliphatic heterocycles. The van der Waals surface area contributed by atoms with Crippen LogP contribution in [0, 0.1) is 0 Å². The SMILES string of the molecule is COc1cccc([C@H](c2ccccc2)c2ccc3[nH]ccc3c2OS(=O)(=O)C(F)(F)F)c1OS(=O)(=O)C(F)(F)F. The standard InChI is InChI=1S/C24H17F6NO7S2/c1-36-19-9-5-8-16(22(19)38-40(34,35)24(28,29)30)20(14-6-3-2-4-7-14)17-10-11-18-15(12-13-31-18)21(17)37-39(32,33)23(25,26)27/h2-13,20,31H,1H3/t20-/m0/s1. The lowest BCUT2D eigenvalue weighted by atomic mass is 9.83. The van der Waals surface area contributed by atoms with Gasteiger partial charge in [0.2, 0.25) is 0 Å². The van der Waals surface area contributed by atoms with Crippen LogP contribution in [0.2, 0.25) is 0 Å². The van der Waals surface area contributed by atoms with Crippen molar-refractivity contribution in [3.05, 3.63) is 89.6 Å². The van der Waals surface area contributed by atoms with E-state index in [0.29, 0.717) is 0 Å². The highest BCUT2D eigenvalue weighted by atomic mass is 32.2. The Kier molecular flexibility index (Phi) is 7.44. The van der Waals surface area contributed by atoms with Gasteiger partial charge in [0.25, 0.3) is 0 Å². The third kappa shape index (κ3) is 5.40. The molecular formula is C24H17F6NO7S2. The number of aromatic amines is 1. The van der Waals surface area contributed by atoms with Crippen molar-refractivity contribution in [3.8, 4) is 17.2 Å². The second kappa shape index (κ2) is 10.2. The van der Waals surface area contributed by atoms with Gasteiger partial charge in [-0.15, -0.1) is 0 Å². The Hall–Kier alpha value is -3.92. The summed E-state index contributed by atoms with van der Waals surface area (Å²) in [4.78, 5) is 2.70. The van der Waals surface area contributed by atoms with Crippen LogP contribution in [0.4, 0.5) is 26.3 Å². The lowest BCUT2D eigenvalue weighted by Crippen LogP contribution is -2.29. The van der Waals surface area contributed by atoms with Gasteiger partial charge in [0.1, 0.15) is 0 Å². The van der Waals surface area contributed by atoms with Crippen molar-refractivity contribution in [2.75, 3.05) is 7.11 Å². The van der Waals surface area contributed by atoms with Gasteiger partial charge in [-0.2, -0.15) is 43.2 Å². The summed E-state index contributed by atoms with van der Waals surface area (Å²) in [5.74, 6) is -3.60. The maximum Gasteiger partial charge on any atom is 0.534 e. The first kappa shape index (κ1) is 29.1. The van der Waals surface area contributed by atoms with Crippen LogP contribution in [0.5, 0.6) is 17.2 Å². The molecule has 16 heteroatoms. The third-order valence-electron chi connectivity index (χ3n) is 5.65. The van der Waals surface area contributed by atoms with Crippen LogP contribution < -0.4 is 13.1 Å². The molecule has 214 valence electrons.